The summed E-state index contributed by atoms with van der Waals surface area (Å²) in [6, 6.07) is 7.75. The van der Waals surface area contributed by atoms with E-state index in [1.54, 1.807) is 0 Å². The zero-order valence-electron chi connectivity index (χ0n) is 13.0. The molecule has 3 N–H and O–H groups in total. The smallest absolute Gasteiger partial charge is 0.105 e. The third-order valence-corrected chi connectivity index (χ3v) is 4.74. The Morgan fingerprint density at radius 3 is 2.52 bits per heavy atom. The standard InChI is InChI=1S/C18H28O3/c1-2-16(19)17(20)15-8-6-7-14(13-15)9-12-18(21)10-4-3-5-11-18/h6-8,13,16-17,19-21H,2-5,9-12H2,1H3/t16-,17-/m1/s1. The van der Waals surface area contributed by atoms with Crippen LogP contribution in [0.15, 0.2) is 24.3 Å². The van der Waals surface area contributed by atoms with Gasteiger partial charge in [-0.1, -0.05) is 50.5 Å². The monoisotopic (exact) mass is 292 g/mol. The molecule has 1 aliphatic carbocycles. The maximum absolute atomic E-state index is 10.5. The summed E-state index contributed by atoms with van der Waals surface area (Å²) < 4.78 is 0. The molecule has 0 bridgehead atoms. The Morgan fingerprint density at radius 1 is 1.14 bits per heavy atom. The molecule has 118 valence electrons. The van der Waals surface area contributed by atoms with E-state index in [-0.39, 0.29) is 0 Å². The van der Waals surface area contributed by atoms with Crippen molar-refractivity contribution in [1.29, 1.82) is 0 Å². The van der Waals surface area contributed by atoms with Gasteiger partial charge in [-0.05, 0) is 43.2 Å². The van der Waals surface area contributed by atoms with Crippen LogP contribution in [0, 0.1) is 0 Å². The first-order valence-electron chi connectivity index (χ1n) is 8.21. The highest BCUT2D eigenvalue weighted by Crippen LogP contribution is 2.32. The van der Waals surface area contributed by atoms with Crippen LogP contribution in [0.25, 0.3) is 0 Å². The number of aryl methyl sites for hydroxylation is 1. The van der Waals surface area contributed by atoms with E-state index in [1.807, 2.05) is 31.2 Å². The first-order chi connectivity index (χ1) is 10.0. The molecule has 3 heteroatoms. The summed E-state index contributed by atoms with van der Waals surface area (Å²) in [6.45, 7) is 1.86. The van der Waals surface area contributed by atoms with Gasteiger partial charge in [-0.25, -0.2) is 0 Å². The predicted octanol–water partition coefficient (Wildman–Crippen LogP) is 3.12. The van der Waals surface area contributed by atoms with Crippen molar-refractivity contribution in [2.24, 2.45) is 0 Å². The molecule has 0 radical (unpaired) electrons. The highest BCUT2D eigenvalue weighted by molar-refractivity contribution is 5.26. The van der Waals surface area contributed by atoms with E-state index in [0.717, 1.165) is 49.7 Å². The molecule has 2 rings (SSSR count). The third kappa shape index (κ3) is 4.53. The molecule has 0 heterocycles. The van der Waals surface area contributed by atoms with Crippen LogP contribution >= 0.6 is 0 Å². The Balaban J connectivity index is 1.97. The van der Waals surface area contributed by atoms with Crippen molar-refractivity contribution in [3.63, 3.8) is 0 Å². The van der Waals surface area contributed by atoms with E-state index in [1.165, 1.54) is 6.42 Å². The molecular formula is C18H28O3. The van der Waals surface area contributed by atoms with Crippen molar-refractivity contribution in [1.82, 2.24) is 0 Å². The highest BCUT2D eigenvalue weighted by Gasteiger charge is 2.28. The van der Waals surface area contributed by atoms with Gasteiger partial charge in [-0.2, -0.15) is 0 Å². The SMILES string of the molecule is CC[C@@H](O)[C@H](O)c1cccc(CCC2(O)CCCCC2)c1. The van der Waals surface area contributed by atoms with E-state index in [9.17, 15) is 15.3 Å². The minimum absolute atomic E-state index is 0.504. The number of aliphatic hydroxyl groups is 3. The van der Waals surface area contributed by atoms with Crippen LogP contribution in [0.5, 0.6) is 0 Å². The maximum atomic E-state index is 10.5. The lowest BCUT2D eigenvalue weighted by atomic mass is 9.81. The number of hydrogen-bond acceptors (Lipinski definition) is 3. The summed E-state index contributed by atoms with van der Waals surface area (Å²) >= 11 is 0. The van der Waals surface area contributed by atoms with Gasteiger partial charge in [0.05, 0.1) is 11.7 Å². The Bertz CT molecular complexity index is 438. The zero-order chi connectivity index (χ0) is 15.3. The lowest BCUT2D eigenvalue weighted by Crippen LogP contribution is -2.31. The van der Waals surface area contributed by atoms with E-state index in [0.29, 0.717) is 6.42 Å². The van der Waals surface area contributed by atoms with Gasteiger partial charge < -0.3 is 15.3 Å². The average Bonchev–Trinajstić information content (AvgIpc) is 2.52. The highest BCUT2D eigenvalue weighted by atomic mass is 16.3. The lowest BCUT2D eigenvalue weighted by molar-refractivity contribution is -0.00348. The van der Waals surface area contributed by atoms with Gasteiger partial charge in [0.25, 0.3) is 0 Å². The van der Waals surface area contributed by atoms with Crippen molar-refractivity contribution < 1.29 is 15.3 Å². The fraction of sp³-hybridized carbons (Fsp3) is 0.667. The van der Waals surface area contributed by atoms with Crippen LogP contribution in [0.3, 0.4) is 0 Å². The summed E-state index contributed by atoms with van der Waals surface area (Å²) in [5.41, 5.74) is 1.38. The lowest BCUT2D eigenvalue weighted by Gasteiger charge is -2.32. The van der Waals surface area contributed by atoms with E-state index in [2.05, 4.69) is 0 Å². The minimum atomic E-state index is -0.826. The fourth-order valence-corrected chi connectivity index (χ4v) is 3.21. The van der Waals surface area contributed by atoms with Gasteiger partial charge in [0.1, 0.15) is 6.10 Å². The normalized spacial score (nSPS) is 21.0. The Labute approximate surface area is 127 Å². The zero-order valence-corrected chi connectivity index (χ0v) is 13.0. The summed E-state index contributed by atoms with van der Waals surface area (Å²) in [7, 11) is 0. The summed E-state index contributed by atoms with van der Waals surface area (Å²) in [5, 5.41) is 30.4. The summed E-state index contributed by atoms with van der Waals surface area (Å²) in [5.74, 6) is 0. The molecule has 1 aliphatic rings. The van der Waals surface area contributed by atoms with Crippen LogP contribution in [0.1, 0.15) is 69.1 Å². The van der Waals surface area contributed by atoms with Gasteiger partial charge in [0, 0.05) is 0 Å². The van der Waals surface area contributed by atoms with E-state index < -0.39 is 17.8 Å². The average molecular weight is 292 g/mol. The molecular weight excluding hydrogens is 264 g/mol. The van der Waals surface area contributed by atoms with Crippen molar-refractivity contribution in [2.75, 3.05) is 0 Å². The van der Waals surface area contributed by atoms with Gasteiger partial charge in [0.15, 0.2) is 0 Å². The molecule has 0 aromatic heterocycles. The van der Waals surface area contributed by atoms with E-state index in [4.69, 9.17) is 0 Å². The van der Waals surface area contributed by atoms with Crippen LogP contribution in [-0.4, -0.2) is 27.0 Å². The Kier molecular flexibility index (Phi) is 5.80. The molecule has 1 saturated carbocycles. The van der Waals surface area contributed by atoms with Gasteiger partial charge in [-0.15, -0.1) is 0 Å². The fourth-order valence-electron chi connectivity index (χ4n) is 3.21. The van der Waals surface area contributed by atoms with E-state index >= 15 is 0 Å². The first-order valence-corrected chi connectivity index (χ1v) is 8.21. The molecule has 0 aliphatic heterocycles. The number of rotatable bonds is 6. The second-order valence-corrected chi connectivity index (χ2v) is 6.45. The largest absolute Gasteiger partial charge is 0.390 e. The molecule has 0 unspecified atom stereocenters. The Hall–Kier alpha value is -0.900. The van der Waals surface area contributed by atoms with Crippen LogP contribution in [-0.2, 0) is 6.42 Å². The van der Waals surface area contributed by atoms with Gasteiger partial charge >= 0.3 is 0 Å². The molecule has 0 spiro atoms. The van der Waals surface area contributed by atoms with Crippen LogP contribution in [0.2, 0.25) is 0 Å². The third-order valence-electron chi connectivity index (χ3n) is 4.74. The molecule has 3 nitrogen and oxygen atoms in total. The van der Waals surface area contributed by atoms with Crippen LogP contribution < -0.4 is 0 Å². The van der Waals surface area contributed by atoms with Crippen molar-refractivity contribution in [2.45, 2.75) is 76.1 Å². The minimum Gasteiger partial charge on any atom is -0.390 e. The summed E-state index contributed by atoms with van der Waals surface area (Å²) in [6.07, 6.45) is 5.88. The quantitative estimate of drug-likeness (QED) is 0.755. The molecule has 0 saturated heterocycles. The number of hydrogen-bond donors (Lipinski definition) is 3. The molecule has 1 aromatic rings. The molecule has 21 heavy (non-hydrogen) atoms. The number of benzene rings is 1. The first kappa shape index (κ1) is 16.5. The molecule has 2 atom stereocenters. The van der Waals surface area contributed by atoms with Crippen molar-refractivity contribution in [3.05, 3.63) is 35.4 Å². The second-order valence-electron chi connectivity index (χ2n) is 6.45. The van der Waals surface area contributed by atoms with Crippen molar-refractivity contribution >= 4 is 0 Å². The summed E-state index contributed by atoms with van der Waals surface area (Å²) in [4.78, 5) is 0. The molecule has 1 aromatic carbocycles. The van der Waals surface area contributed by atoms with Gasteiger partial charge in [-0.3, -0.25) is 0 Å². The molecule has 1 fully saturated rings. The topological polar surface area (TPSA) is 60.7 Å². The second kappa shape index (κ2) is 7.39. The van der Waals surface area contributed by atoms with Crippen molar-refractivity contribution in [3.8, 4) is 0 Å². The van der Waals surface area contributed by atoms with Crippen LogP contribution in [0.4, 0.5) is 0 Å². The van der Waals surface area contributed by atoms with Gasteiger partial charge in [0.2, 0.25) is 0 Å². The Morgan fingerprint density at radius 2 is 1.86 bits per heavy atom. The maximum Gasteiger partial charge on any atom is 0.105 e. The molecule has 0 amide bonds. The predicted molar refractivity (Wildman–Crippen MR) is 84.1 cm³/mol. The number of aliphatic hydroxyl groups excluding tert-OH is 2.